The largest absolute Gasteiger partial charge is 0.298 e. The summed E-state index contributed by atoms with van der Waals surface area (Å²) in [5.74, 6) is 0.532. The molecule has 3 nitrogen and oxygen atoms in total. The van der Waals surface area contributed by atoms with E-state index in [9.17, 15) is 4.79 Å². The van der Waals surface area contributed by atoms with Crippen LogP contribution in [-0.4, -0.2) is 16.1 Å². The van der Waals surface area contributed by atoms with E-state index >= 15 is 0 Å². The maximum absolute atomic E-state index is 10.4. The first-order valence-corrected chi connectivity index (χ1v) is 4.14. The third-order valence-corrected chi connectivity index (χ3v) is 2.14. The normalized spacial score (nSPS) is 13.3. The van der Waals surface area contributed by atoms with Crippen LogP contribution < -0.4 is 0 Å². The summed E-state index contributed by atoms with van der Waals surface area (Å²) in [5.41, 5.74) is 0.641. The number of rotatable bonds is 3. The number of nitrogens with zero attached hydrogens (tertiary/aromatic N) is 2. The Bertz CT molecular complexity index is 265. The molecule has 0 radical (unpaired) electrons. The van der Waals surface area contributed by atoms with Gasteiger partial charge in [0.1, 0.15) is 0 Å². The SMILES string of the molecule is CC(C)C(C)n1cc(C=O)cn1. The lowest BCUT2D eigenvalue weighted by Gasteiger charge is -2.15. The van der Waals surface area contributed by atoms with Crippen molar-refractivity contribution in [1.82, 2.24) is 9.78 Å². The van der Waals surface area contributed by atoms with Crippen LogP contribution in [0.15, 0.2) is 12.4 Å². The molecule has 1 aromatic rings. The molecule has 1 unspecified atom stereocenters. The van der Waals surface area contributed by atoms with Gasteiger partial charge in [-0.3, -0.25) is 9.48 Å². The molecule has 0 aliphatic carbocycles. The highest BCUT2D eigenvalue weighted by Crippen LogP contribution is 2.15. The molecule has 1 atom stereocenters. The van der Waals surface area contributed by atoms with E-state index in [4.69, 9.17) is 0 Å². The van der Waals surface area contributed by atoms with Gasteiger partial charge in [-0.2, -0.15) is 5.10 Å². The number of hydrogen-bond donors (Lipinski definition) is 0. The van der Waals surface area contributed by atoms with E-state index < -0.39 is 0 Å². The van der Waals surface area contributed by atoms with Gasteiger partial charge in [0.15, 0.2) is 6.29 Å². The predicted octanol–water partition coefficient (Wildman–Crippen LogP) is 1.91. The van der Waals surface area contributed by atoms with Gasteiger partial charge in [0.2, 0.25) is 0 Å². The summed E-state index contributed by atoms with van der Waals surface area (Å²) < 4.78 is 1.83. The summed E-state index contributed by atoms with van der Waals surface area (Å²) in [6.45, 7) is 6.35. The van der Waals surface area contributed by atoms with Crippen LogP contribution in [-0.2, 0) is 0 Å². The fourth-order valence-corrected chi connectivity index (χ4v) is 0.942. The smallest absolute Gasteiger partial charge is 0.153 e. The number of carbonyl (C=O) groups is 1. The molecule has 0 N–H and O–H groups in total. The van der Waals surface area contributed by atoms with Crippen molar-refractivity contribution in [2.75, 3.05) is 0 Å². The van der Waals surface area contributed by atoms with Gasteiger partial charge in [-0.25, -0.2) is 0 Å². The molecular weight excluding hydrogens is 152 g/mol. The highest BCUT2D eigenvalue weighted by atomic mass is 16.1. The lowest BCUT2D eigenvalue weighted by molar-refractivity contribution is 0.112. The molecule has 0 spiro atoms. The van der Waals surface area contributed by atoms with Gasteiger partial charge < -0.3 is 0 Å². The zero-order valence-electron chi connectivity index (χ0n) is 7.69. The molecule has 0 bridgehead atoms. The summed E-state index contributed by atoms with van der Waals surface area (Å²) in [6, 6.07) is 0.346. The van der Waals surface area contributed by atoms with Crippen molar-refractivity contribution in [3.63, 3.8) is 0 Å². The zero-order valence-corrected chi connectivity index (χ0v) is 7.69. The molecule has 1 rings (SSSR count). The molecule has 0 saturated carbocycles. The lowest BCUT2D eigenvalue weighted by atomic mass is 10.1. The van der Waals surface area contributed by atoms with Crippen LogP contribution in [0.4, 0.5) is 0 Å². The second-order valence-electron chi connectivity index (χ2n) is 3.36. The highest BCUT2D eigenvalue weighted by molar-refractivity contribution is 5.73. The van der Waals surface area contributed by atoms with Crippen LogP contribution in [0.5, 0.6) is 0 Å². The van der Waals surface area contributed by atoms with E-state index in [-0.39, 0.29) is 0 Å². The van der Waals surface area contributed by atoms with Gasteiger partial charge in [0.25, 0.3) is 0 Å². The molecule has 0 amide bonds. The van der Waals surface area contributed by atoms with E-state index in [0.29, 0.717) is 17.5 Å². The lowest BCUT2D eigenvalue weighted by Crippen LogP contribution is -2.11. The van der Waals surface area contributed by atoms with Gasteiger partial charge >= 0.3 is 0 Å². The quantitative estimate of drug-likeness (QED) is 0.643. The third-order valence-electron chi connectivity index (χ3n) is 2.14. The first kappa shape index (κ1) is 8.97. The Morgan fingerprint density at radius 2 is 2.17 bits per heavy atom. The molecule has 0 fully saturated rings. The average Bonchev–Trinajstić information content (AvgIpc) is 2.50. The minimum atomic E-state index is 0.346. The molecule has 1 aromatic heterocycles. The van der Waals surface area contributed by atoms with E-state index in [0.717, 1.165) is 6.29 Å². The molecule has 1 heterocycles. The van der Waals surface area contributed by atoms with Gasteiger partial charge in [-0.1, -0.05) is 13.8 Å². The second-order valence-corrected chi connectivity index (χ2v) is 3.36. The number of carbonyl (C=O) groups excluding carboxylic acids is 1. The van der Waals surface area contributed by atoms with Gasteiger partial charge in [-0.05, 0) is 12.8 Å². The Hall–Kier alpha value is -1.12. The Labute approximate surface area is 72.4 Å². The summed E-state index contributed by atoms with van der Waals surface area (Å²) in [4.78, 5) is 10.4. The van der Waals surface area contributed by atoms with Crippen molar-refractivity contribution >= 4 is 6.29 Å². The molecule has 0 aliphatic heterocycles. The van der Waals surface area contributed by atoms with Crippen molar-refractivity contribution in [1.29, 1.82) is 0 Å². The van der Waals surface area contributed by atoms with Crippen LogP contribution >= 0.6 is 0 Å². The van der Waals surface area contributed by atoms with Crippen LogP contribution in [0, 0.1) is 5.92 Å². The highest BCUT2D eigenvalue weighted by Gasteiger charge is 2.09. The van der Waals surface area contributed by atoms with Gasteiger partial charge in [0.05, 0.1) is 17.8 Å². The number of aromatic nitrogens is 2. The fourth-order valence-electron chi connectivity index (χ4n) is 0.942. The van der Waals surface area contributed by atoms with E-state index in [1.165, 1.54) is 0 Å². The Kier molecular flexibility index (Phi) is 2.63. The summed E-state index contributed by atoms with van der Waals surface area (Å²) in [6.07, 6.45) is 4.18. The summed E-state index contributed by atoms with van der Waals surface area (Å²) >= 11 is 0. The number of hydrogen-bond acceptors (Lipinski definition) is 2. The predicted molar refractivity (Wildman–Crippen MR) is 47.2 cm³/mol. The Balaban J connectivity index is 2.81. The zero-order chi connectivity index (χ0) is 9.14. The molecule has 0 aliphatic rings. The van der Waals surface area contributed by atoms with E-state index in [1.54, 1.807) is 12.4 Å². The monoisotopic (exact) mass is 166 g/mol. The molecule has 12 heavy (non-hydrogen) atoms. The molecule has 66 valence electrons. The standard InChI is InChI=1S/C9H14N2O/c1-7(2)8(3)11-5-9(6-12)4-10-11/h4-8H,1-3H3. The van der Waals surface area contributed by atoms with Crippen molar-refractivity contribution < 1.29 is 4.79 Å². The number of aldehydes is 1. The van der Waals surface area contributed by atoms with Crippen molar-refractivity contribution in [2.45, 2.75) is 26.8 Å². The van der Waals surface area contributed by atoms with Crippen LogP contribution in [0.3, 0.4) is 0 Å². The Morgan fingerprint density at radius 3 is 2.58 bits per heavy atom. The van der Waals surface area contributed by atoms with Gasteiger partial charge in [-0.15, -0.1) is 0 Å². The second kappa shape index (κ2) is 3.52. The third kappa shape index (κ3) is 1.72. The van der Waals surface area contributed by atoms with Crippen molar-refractivity contribution in [3.8, 4) is 0 Å². The maximum atomic E-state index is 10.4. The molecule has 3 heteroatoms. The summed E-state index contributed by atoms with van der Waals surface area (Å²) in [5, 5.41) is 4.09. The maximum Gasteiger partial charge on any atom is 0.153 e. The molecule has 0 saturated heterocycles. The van der Waals surface area contributed by atoms with Gasteiger partial charge in [0, 0.05) is 6.20 Å². The first-order valence-electron chi connectivity index (χ1n) is 4.14. The van der Waals surface area contributed by atoms with Crippen molar-refractivity contribution in [3.05, 3.63) is 18.0 Å². The minimum Gasteiger partial charge on any atom is -0.298 e. The van der Waals surface area contributed by atoms with E-state index in [1.807, 2.05) is 4.68 Å². The van der Waals surface area contributed by atoms with Crippen LogP contribution in [0.2, 0.25) is 0 Å². The van der Waals surface area contributed by atoms with Crippen LogP contribution in [0.1, 0.15) is 37.2 Å². The first-order chi connectivity index (χ1) is 5.65. The Morgan fingerprint density at radius 1 is 1.50 bits per heavy atom. The topological polar surface area (TPSA) is 34.9 Å². The molecular formula is C9H14N2O. The summed E-state index contributed by atoms with van der Waals surface area (Å²) in [7, 11) is 0. The fraction of sp³-hybridized carbons (Fsp3) is 0.556. The average molecular weight is 166 g/mol. The molecule has 0 aromatic carbocycles. The minimum absolute atomic E-state index is 0.346. The van der Waals surface area contributed by atoms with Crippen LogP contribution in [0.25, 0.3) is 0 Å². The van der Waals surface area contributed by atoms with Crippen molar-refractivity contribution in [2.24, 2.45) is 5.92 Å². The van der Waals surface area contributed by atoms with E-state index in [2.05, 4.69) is 25.9 Å².